The predicted octanol–water partition coefficient (Wildman–Crippen LogP) is 3.00. The molecule has 158 valence electrons. The monoisotopic (exact) mass is 426 g/mol. The number of halogens is 2. The van der Waals surface area contributed by atoms with E-state index in [0.717, 1.165) is 17.1 Å². The first-order valence-corrected chi connectivity index (χ1v) is 11.1. The molecular formula is C20H24F2N2O4S. The minimum Gasteiger partial charge on any atom is -0.435 e. The van der Waals surface area contributed by atoms with Gasteiger partial charge >= 0.3 is 6.61 Å². The molecule has 0 spiro atoms. The molecule has 1 aromatic heterocycles. The van der Waals surface area contributed by atoms with Crippen molar-refractivity contribution in [3.63, 3.8) is 0 Å². The van der Waals surface area contributed by atoms with E-state index in [0.29, 0.717) is 12.0 Å². The number of hydrogen-bond donors (Lipinski definition) is 0. The SMILES string of the molecule is Cc1cc(C(=O)CN(C)C2CCS(=O)(=O)C2)c(C)n1-c1ccc(OC(F)F)cc1. The number of benzene rings is 1. The Morgan fingerprint density at radius 2 is 1.93 bits per heavy atom. The molecule has 0 saturated carbocycles. The van der Waals surface area contributed by atoms with E-state index >= 15 is 0 Å². The van der Waals surface area contributed by atoms with Crippen LogP contribution in [0.4, 0.5) is 8.78 Å². The van der Waals surface area contributed by atoms with Crippen LogP contribution in [0.5, 0.6) is 5.75 Å². The topological polar surface area (TPSA) is 68.6 Å². The molecule has 29 heavy (non-hydrogen) atoms. The van der Waals surface area contributed by atoms with Gasteiger partial charge in [-0.1, -0.05) is 0 Å². The average Bonchev–Trinajstić information content (AvgIpc) is 3.14. The summed E-state index contributed by atoms with van der Waals surface area (Å²) in [5.41, 5.74) is 2.86. The molecule has 3 rings (SSSR count). The quantitative estimate of drug-likeness (QED) is 0.637. The lowest BCUT2D eigenvalue weighted by Crippen LogP contribution is -2.36. The van der Waals surface area contributed by atoms with Gasteiger partial charge in [-0.3, -0.25) is 9.69 Å². The van der Waals surface area contributed by atoms with Crippen molar-refractivity contribution in [1.29, 1.82) is 0 Å². The van der Waals surface area contributed by atoms with Gasteiger partial charge in [0, 0.05) is 28.7 Å². The number of sulfone groups is 1. The van der Waals surface area contributed by atoms with Gasteiger partial charge in [0.2, 0.25) is 0 Å². The van der Waals surface area contributed by atoms with Crippen molar-refractivity contribution in [3.8, 4) is 11.4 Å². The standard InChI is InChI=1S/C20H24F2N2O4S/c1-13-10-18(19(25)11-23(3)16-8-9-29(26,27)12-16)14(2)24(13)15-4-6-17(7-5-15)28-20(21)22/h4-7,10,16,20H,8-9,11-12H2,1-3H3. The van der Waals surface area contributed by atoms with Crippen LogP contribution < -0.4 is 4.74 Å². The number of carbonyl (C=O) groups excluding carboxylic acids is 1. The Kier molecular flexibility index (Phi) is 6.09. The van der Waals surface area contributed by atoms with Gasteiger partial charge < -0.3 is 9.30 Å². The van der Waals surface area contributed by atoms with Crippen molar-refractivity contribution < 1.29 is 26.7 Å². The Labute approximate surface area is 169 Å². The fraction of sp³-hybridized carbons (Fsp3) is 0.450. The molecule has 1 fully saturated rings. The maximum absolute atomic E-state index is 12.9. The number of ketones is 1. The largest absolute Gasteiger partial charge is 0.435 e. The number of aryl methyl sites for hydroxylation is 1. The number of Topliss-reactive ketones (excluding diaryl/α,β-unsaturated/α-hetero) is 1. The van der Waals surface area contributed by atoms with Crippen LogP contribution in [-0.4, -0.2) is 61.4 Å². The third kappa shape index (κ3) is 4.84. The summed E-state index contributed by atoms with van der Waals surface area (Å²) in [5.74, 6) is 0.225. The fourth-order valence-corrected chi connectivity index (χ4v) is 5.59. The molecular weight excluding hydrogens is 402 g/mol. The molecule has 1 atom stereocenters. The Morgan fingerprint density at radius 3 is 2.48 bits per heavy atom. The number of nitrogens with zero attached hydrogens (tertiary/aromatic N) is 2. The molecule has 0 bridgehead atoms. The van der Waals surface area contributed by atoms with Crippen LogP contribution >= 0.6 is 0 Å². The highest BCUT2D eigenvalue weighted by Crippen LogP contribution is 2.24. The third-order valence-corrected chi connectivity index (χ3v) is 7.03. The summed E-state index contributed by atoms with van der Waals surface area (Å²) in [7, 11) is -1.25. The van der Waals surface area contributed by atoms with Crippen LogP contribution in [0.2, 0.25) is 0 Å². The molecule has 0 amide bonds. The minimum atomic E-state index is -3.01. The number of rotatable bonds is 7. The van der Waals surface area contributed by atoms with E-state index in [9.17, 15) is 22.0 Å². The summed E-state index contributed by atoms with van der Waals surface area (Å²) in [6, 6.07) is 7.87. The van der Waals surface area contributed by atoms with E-state index in [1.54, 1.807) is 30.1 Å². The maximum atomic E-state index is 12.9. The van der Waals surface area contributed by atoms with Crippen LogP contribution in [0.15, 0.2) is 30.3 Å². The van der Waals surface area contributed by atoms with Crippen molar-refractivity contribution in [3.05, 3.63) is 47.3 Å². The molecule has 2 heterocycles. The molecule has 1 aliphatic heterocycles. The molecule has 1 unspecified atom stereocenters. The number of likely N-dealkylation sites (N-methyl/N-ethyl adjacent to an activating group) is 1. The van der Waals surface area contributed by atoms with Gasteiger partial charge in [-0.15, -0.1) is 0 Å². The summed E-state index contributed by atoms with van der Waals surface area (Å²) in [4.78, 5) is 14.7. The van der Waals surface area contributed by atoms with Crippen LogP contribution in [0, 0.1) is 13.8 Å². The molecule has 1 saturated heterocycles. The van der Waals surface area contributed by atoms with Crippen LogP contribution in [0.25, 0.3) is 5.69 Å². The molecule has 1 aliphatic rings. The normalized spacial score (nSPS) is 18.5. The predicted molar refractivity (Wildman–Crippen MR) is 106 cm³/mol. The Bertz CT molecular complexity index is 1000. The summed E-state index contributed by atoms with van der Waals surface area (Å²) in [6.45, 7) is 0.933. The van der Waals surface area contributed by atoms with Crippen molar-refractivity contribution in [2.45, 2.75) is 32.9 Å². The number of ether oxygens (including phenoxy) is 1. The van der Waals surface area contributed by atoms with Crippen molar-refractivity contribution in [2.75, 3.05) is 25.1 Å². The van der Waals surface area contributed by atoms with Crippen molar-refractivity contribution >= 4 is 15.6 Å². The molecule has 0 aliphatic carbocycles. The lowest BCUT2D eigenvalue weighted by atomic mass is 10.1. The molecule has 0 radical (unpaired) electrons. The number of hydrogen-bond acceptors (Lipinski definition) is 5. The zero-order chi connectivity index (χ0) is 21.3. The lowest BCUT2D eigenvalue weighted by Gasteiger charge is -2.22. The van der Waals surface area contributed by atoms with E-state index < -0.39 is 16.4 Å². The van der Waals surface area contributed by atoms with Gasteiger partial charge in [0.05, 0.1) is 18.1 Å². The highest BCUT2D eigenvalue weighted by molar-refractivity contribution is 7.91. The van der Waals surface area contributed by atoms with E-state index in [1.807, 2.05) is 18.4 Å². The second-order valence-electron chi connectivity index (χ2n) is 7.39. The van der Waals surface area contributed by atoms with Gasteiger partial charge in [-0.2, -0.15) is 8.78 Å². The van der Waals surface area contributed by atoms with E-state index in [-0.39, 0.29) is 35.6 Å². The smallest absolute Gasteiger partial charge is 0.387 e. The van der Waals surface area contributed by atoms with Gasteiger partial charge in [0.15, 0.2) is 15.6 Å². The second-order valence-corrected chi connectivity index (χ2v) is 9.62. The molecule has 1 aromatic carbocycles. The van der Waals surface area contributed by atoms with Crippen molar-refractivity contribution in [1.82, 2.24) is 9.47 Å². The Morgan fingerprint density at radius 1 is 1.28 bits per heavy atom. The minimum absolute atomic E-state index is 0.0654. The maximum Gasteiger partial charge on any atom is 0.387 e. The van der Waals surface area contributed by atoms with Crippen LogP contribution in [-0.2, 0) is 9.84 Å². The summed E-state index contributed by atoms with van der Waals surface area (Å²) < 4.78 is 54.2. The zero-order valence-corrected chi connectivity index (χ0v) is 17.4. The molecule has 0 N–H and O–H groups in total. The Balaban J connectivity index is 1.77. The summed E-state index contributed by atoms with van der Waals surface area (Å²) in [6.07, 6.45) is 0.540. The van der Waals surface area contributed by atoms with E-state index in [2.05, 4.69) is 4.74 Å². The first kappa shape index (κ1) is 21.4. The number of alkyl halides is 2. The van der Waals surface area contributed by atoms with Gasteiger partial charge in [0.1, 0.15) is 5.75 Å². The summed E-state index contributed by atoms with van der Waals surface area (Å²) in [5, 5.41) is 0. The second kappa shape index (κ2) is 8.23. The highest BCUT2D eigenvalue weighted by atomic mass is 32.2. The van der Waals surface area contributed by atoms with E-state index in [1.165, 1.54) is 12.1 Å². The fourth-order valence-electron chi connectivity index (χ4n) is 3.78. The Hall–Kier alpha value is -2.26. The zero-order valence-electron chi connectivity index (χ0n) is 16.6. The number of carbonyl (C=O) groups is 1. The van der Waals surface area contributed by atoms with Crippen LogP contribution in [0.3, 0.4) is 0 Å². The highest BCUT2D eigenvalue weighted by Gasteiger charge is 2.31. The first-order valence-electron chi connectivity index (χ1n) is 9.25. The van der Waals surface area contributed by atoms with Gasteiger partial charge in [-0.25, -0.2) is 8.42 Å². The van der Waals surface area contributed by atoms with Crippen molar-refractivity contribution in [2.24, 2.45) is 0 Å². The lowest BCUT2D eigenvalue weighted by molar-refractivity contribution is -0.0498. The molecule has 6 nitrogen and oxygen atoms in total. The molecule has 9 heteroatoms. The molecule has 2 aromatic rings. The number of aromatic nitrogens is 1. The average molecular weight is 426 g/mol. The first-order chi connectivity index (χ1) is 13.6. The third-order valence-electron chi connectivity index (χ3n) is 5.28. The van der Waals surface area contributed by atoms with Crippen LogP contribution in [0.1, 0.15) is 28.2 Å². The van der Waals surface area contributed by atoms with Gasteiger partial charge in [-0.05, 0) is 57.6 Å². The van der Waals surface area contributed by atoms with Gasteiger partial charge in [0.25, 0.3) is 0 Å². The summed E-state index contributed by atoms with van der Waals surface area (Å²) >= 11 is 0. The van der Waals surface area contributed by atoms with E-state index in [4.69, 9.17) is 0 Å².